The fraction of sp³-hybridized carbons (Fsp3) is 0.219. The molecular formula is C32H32ClNO5S. The van der Waals surface area contributed by atoms with E-state index in [0.717, 1.165) is 22.3 Å². The first-order valence-electron chi connectivity index (χ1n) is 13.1. The van der Waals surface area contributed by atoms with Crippen molar-refractivity contribution in [2.24, 2.45) is 0 Å². The van der Waals surface area contributed by atoms with Gasteiger partial charge in [-0.25, -0.2) is 13.2 Å². The molecule has 40 heavy (non-hydrogen) atoms. The van der Waals surface area contributed by atoms with Crippen molar-refractivity contribution in [2.75, 3.05) is 13.2 Å². The summed E-state index contributed by atoms with van der Waals surface area (Å²) in [4.78, 5) is 12.8. The van der Waals surface area contributed by atoms with E-state index in [1.165, 1.54) is 6.07 Å². The van der Waals surface area contributed by atoms with Gasteiger partial charge in [-0.1, -0.05) is 72.3 Å². The maximum Gasteiger partial charge on any atom is 0.339 e. The number of sulfone groups is 1. The van der Waals surface area contributed by atoms with Crippen molar-refractivity contribution in [3.05, 3.63) is 119 Å². The molecule has 4 aromatic carbocycles. The molecule has 0 amide bonds. The molecular weight excluding hydrogens is 546 g/mol. The Morgan fingerprint density at radius 1 is 0.925 bits per heavy atom. The number of aliphatic hydroxyl groups excluding tert-OH is 1. The van der Waals surface area contributed by atoms with Gasteiger partial charge in [0.2, 0.25) is 9.84 Å². The Morgan fingerprint density at radius 3 is 2.33 bits per heavy atom. The second kappa shape index (κ2) is 13.2. The molecule has 0 aromatic heterocycles. The molecule has 2 N–H and O–H groups in total. The van der Waals surface area contributed by atoms with E-state index in [0.29, 0.717) is 18.0 Å². The number of nitrogens with one attached hydrogen (secondary N) is 1. The molecule has 0 aliphatic heterocycles. The number of esters is 1. The van der Waals surface area contributed by atoms with Gasteiger partial charge in [-0.2, -0.15) is 0 Å². The van der Waals surface area contributed by atoms with Gasteiger partial charge in [0, 0.05) is 17.6 Å². The Balaban J connectivity index is 1.49. The lowest BCUT2D eigenvalue weighted by Gasteiger charge is -2.18. The summed E-state index contributed by atoms with van der Waals surface area (Å²) in [6.07, 6.45) is -0.0711. The van der Waals surface area contributed by atoms with Gasteiger partial charge in [-0.3, -0.25) is 0 Å². The van der Waals surface area contributed by atoms with Crippen LogP contribution in [0.5, 0.6) is 0 Å². The van der Waals surface area contributed by atoms with Gasteiger partial charge in [-0.05, 0) is 78.9 Å². The largest absolute Gasteiger partial charge is 0.462 e. The summed E-state index contributed by atoms with van der Waals surface area (Å²) in [7, 11) is -3.99. The standard InChI is InChI=1S/C32H32ClNO5S/c1-3-39-32(36)29-20-25(24-8-5-4-6-9-24)14-17-31(29)40(37,38)28-15-12-23(13-16-28)18-22(2)34-21-30(35)26-10-7-11-27(33)19-26/h4-17,19-20,22,30,34-35H,3,18,21H2,1-2H3/t22-,30+/m1/s1. The smallest absolute Gasteiger partial charge is 0.339 e. The average Bonchev–Trinajstić information content (AvgIpc) is 2.96. The normalized spacial score (nSPS) is 13.0. The van der Waals surface area contributed by atoms with Gasteiger partial charge in [0.25, 0.3) is 0 Å². The number of hydrogen-bond donors (Lipinski definition) is 2. The molecule has 8 heteroatoms. The SMILES string of the molecule is CCOC(=O)c1cc(-c2ccccc2)ccc1S(=O)(=O)c1ccc(C[C@@H](C)NC[C@H](O)c2cccc(Cl)c2)cc1. The van der Waals surface area contributed by atoms with E-state index in [9.17, 15) is 18.3 Å². The van der Waals surface area contributed by atoms with Crippen LogP contribution in [0.3, 0.4) is 0 Å². The van der Waals surface area contributed by atoms with Crippen LogP contribution in [0.4, 0.5) is 0 Å². The maximum atomic E-state index is 13.6. The highest BCUT2D eigenvalue weighted by molar-refractivity contribution is 7.91. The van der Waals surface area contributed by atoms with Gasteiger partial charge in [0.05, 0.1) is 28.1 Å². The lowest BCUT2D eigenvalue weighted by Crippen LogP contribution is -2.32. The van der Waals surface area contributed by atoms with E-state index in [2.05, 4.69) is 5.32 Å². The van der Waals surface area contributed by atoms with Gasteiger partial charge in [-0.15, -0.1) is 0 Å². The molecule has 0 radical (unpaired) electrons. The Hall–Kier alpha value is -3.49. The predicted octanol–water partition coefficient (Wildman–Crippen LogP) is 6.27. The number of benzene rings is 4. The molecule has 0 heterocycles. The van der Waals surface area contributed by atoms with Crippen molar-refractivity contribution in [2.45, 2.75) is 42.2 Å². The zero-order chi connectivity index (χ0) is 28.7. The third-order valence-electron chi connectivity index (χ3n) is 6.54. The van der Waals surface area contributed by atoms with Crippen molar-refractivity contribution in [3.63, 3.8) is 0 Å². The molecule has 0 aliphatic carbocycles. The first-order valence-corrected chi connectivity index (χ1v) is 14.9. The summed E-state index contributed by atoms with van der Waals surface area (Å²) in [5.74, 6) is -0.685. The molecule has 2 atom stereocenters. The number of carbonyl (C=O) groups is 1. The van der Waals surface area contributed by atoms with Crippen LogP contribution < -0.4 is 5.32 Å². The van der Waals surface area contributed by atoms with Crippen molar-refractivity contribution in [1.29, 1.82) is 0 Å². The minimum atomic E-state index is -3.99. The molecule has 0 unspecified atom stereocenters. The van der Waals surface area contributed by atoms with Crippen molar-refractivity contribution in [1.82, 2.24) is 5.32 Å². The average molecular weight is 578 g/mol. The monoisotopic (exact) mass is 577 g/mol. The maximum absolute atomic E-state index is 13.6. The van der Waals surface area contributed by atoms with Crippen LogP contribution in [0.1, 0.15) is 41.4 Å². The highest BCUT2D eigenvalue weighted by atomic mass is 35.5. The van der Waals surface area contributed by atoms with Crippen LogP contribution >= 0.6 is 11.6 Å². The lowest BCUT2D eigenvalue weighted by atomic mass is 10.0. The molecule has 0 spiro atoms. The summed E-state index contributed by atoms with van der Waals surface area (Å²) < 4.78 is 32.4. The number of carbonyl (C=O) groups excluding carboxylic acids is 1. The summed E-state index contributed by atoms with van der Waals surface area (Å²) in [5.41, 5.74) is 3.26. The zero-order valence-electron chi connectivity index (χ0n) is 22.4. The van der Waals surface area contributed by atoms with E-state index in [1.54, 1.807) is 61.5 Å². The van der Waals surface area contributed by atoms with E-state index in [4.69, 9.17) is 16.3 Å². The zero-order valence-corrected chi connectivity index (χ0v) is 24.0. The molecule has 4 aromatic rings. The number of halogens is 1. The highest BCUT2D eigenvalue weighted by Gasteiger charge is 2.26. The molecule has 6 nitrogen and oxygen atoms in total. The third kappa shape index (κ3) is 7.17. The first kappa shape index (κ1) is 29.5. The van der Waals surface area contributed by atoms with Gasteiger partial charge < -0.3 is 15.2 Å². The summed E-state index contributed by atoms with van der Waals surface area (Å²) >= 11 is 6.02. The van der Waals surface area contributed by atoms with E-state index in [1.807, 2.05) is 43.3 Å². The number of rotatable bonds is 11. The van der Waals surface area contributed by atoms with Crippen LogP contribution in [-0.4, -0.2) is 38.7 Å². The third-order valence-corrected chi connectivity index (χ3v) is 8.60. The number of ether oxygens (including phenoxy) is 1. The Morgan fingerprint density at radius 2 is 1.65 bits per heavy atom. The fourth-order valence-corrected chi connectivity index (χ4v) is 6.07. The predicted molar refractivity (Wildman–Crippen MR) is 157 cm³/mol. The Kier molecular flexibility index (Phi) is 9.76. The fourth-order valence-electron chi connectivity index (χ4n) is 4.44. The van der Waals surface area contributed by atoms with Crippen molar-refractivity contribution < 1.29 is 23.1 Å². The number of aliphatic hydroxyl groups is 1. The molecule has 4 rings (SSSR count). The molecule has 0 fully saturated rings. The summed E-state index contributed by atoms with van der Waals surface area (Å²) in [6.45, 7) is 4.16. The van der Waals surface area contributed by atoms with E-state index < -0.39 is 21.9 Å². The molecule has 0 saturated heterocycles. The second-order valence-electron chi connectivity index (χ2n) is 9.53. The van der Waals surface area contributed by atoms with Crippen LogP contribution in [0, 0.1) is 0 Å². The van der Waals surface area contributed by atoms with E-state index >= 15 is 0 Å². The van der Waals surface area contributed by atoms with Crippen LogP contribution in [0.2, 0.25) is 5.02 Å². The summed E-state index contributed by atoms with van der Waals surface area (Å²) in [6, 6.07) is 27.9. The molecule has 0 aliphatic rings. The van der Waals surface area contributed by atoms with Crippen molar-refractivity contribution >= 4 is 27.4 Å². The van der Waals surface area contributed by atoms with Gasteiger partial charge >= 0.3 is 5.97 Å². The Bertz CT molecular complexity index is 1560. The van der Waals surface area contributed by atoms with Crippen molar-refractivity contribution in [3.8, 4) is 11.1 Å². The minimum absolute atomic E-state index is 0.00311. The van der Waals surface area contributed by atoms with Crippen LogP contribution in [-0.2, 0) is 21.0 Å². The van der Waals surface area contributed by atoms with Gasteiger partial charge in [0.1, 0.15) is 0 Å². The second-order valence-corrected chi connectivity index (χ2v) is 11.9. The van der Waals surface area contributed by atoms with Crippen LogP contribution in [0.15, 0.2) is 107 Å². The highest BCUT2D eigenvalue weighted by Crippen LogP contribution is 2.30. The van der Waals surface area contributed by atoms with E-state index in [-0.39, 0.29) is 28.0 Å². The molecule has 208 valence electrons. The quantitative estimate of drug-likeness (QED) is 0.204. The van der Waals surface area contributed by atoms with Gasteiger partial charge in [0.15, 0.2) is 0 Å². The first-order chi connectivity index (χ1) is 19.2. The topological polar surface area (TPSA) is 92.7 Å². The van der Waals surface area contributed by atoms with Crippen LogP contribution in [0.25, 0.3) is 11.1 Å². The minimum Gasteiger partial charge on any atom is -0.462 e. The lowest BCUT2D eigenvalue weighted by molar-refractivity contribution is 0.0522. The Labute approximate surface area is 240 Å². The summed E-state index contributed by atoms with van der Waals surface area (Å²) in [5, 5.41) is 14.3. The molecule has 0 bridgehead atoms. The molecule has 0 saturated carbocycles. The number of hydrogen-bond acceptors (Lipinski definition) is 6.